The molecule has 160 valence electrons. The van der Waals surface area contributed by atoms with E-state index in [1.165, 1.54) is 18.4 Å². The molecule has 2 aromatic heterocycles. The predicted octanol–water partition coefficient (Wildman–Crippen LogP) is 4.71. The Labute approximate surface area is 177 Å². The van der Waals surface area contributed by atoms with Gasteiger partial charge in [-0.3, -0.25) is 4.79 Å². The second kappa shape index (κ2) is 8.22. The van der Waals surface area contributed by atoms with E-state index in [2.05, 4.69) is 10.3 Å². The quantitative estimate of drug-likeness (QED) is 0.469. The maximum absolute atomic E-state index is 13.5. The van der Waals surface area contributed by atoms with Gasteiger partial charge in [-0.2, -0.15) is 0 Å². The predicted molar refractivity (Wildman–Crippen MR) is 111 cm³/mol. The second-order valence-electron chi connectivity index (χ2n) is 7.56. The smallest absolute Gasteiger partial charge is 0.254 e. The van der Waals surface area contributed by atoms with E-state index in [4.69, 9.17) is 4.42 Å². The van der Waals surface area contributed by atoms with E-state index in [9.17, 15) is 18.7 Å². The van der Waals surface area contributed by atoms with Crippen molar-refractivity contribution in [1.82, 2.24) is 14.9 Å². The number of hydrogen-bond acceptors (Lipinski definition) is 4. The normalized spacial score (nSPS) is 11.4. The zero-order chi connectivity index (χ0) is 22.1. The van der Waals surface area contributed by atoms with Gasteiger partial charge in [-0.25, -0.2) is 13.8 Å². The molecule has 0 spiro atoms. The van der Waals surface area contributed by atoms with Crippen molar-refractivity contribution in [3.63, 3.8) is 0 Å². The van der Waals surface area contributed by atoms with Gasteiger partial charge in [-0.05, 0) is 35.7 Å². The maximum atomic E-state index is 13.5. The molecule has 0 radical (unpaired) electrons. The van der Waals surface area contributed by atoms with Gasteiger partial charge in [0.25, 0.3) is 5.91 Å². The number of amides is 1. The zero-order valence-electron chi connectivity index (χ0n) is 17.0. The molecule has 0 bridgehead atoms. The Morgan fingerprint density at radius 2 is 2.00 bits per heavy atom. The van der Waals surface area contributed by atoms with Crippen LogP contribution in [0, 0.1) is 11.6 Å². The van der Waals surface area contributed by atoms with Crippen molar-refractivity contribution in [3.8, 4) is 5.75 Å². The fourth-order valence-electron chi connectivity index (χ4n) is 3.75. The molecule has 0 aliphatic rings. The summed E-state index contributed by atoms with van der Waals surface area (Å²) in [5, 5.41) is 13.5. The molecule has 0 saturated carbocycles. The van der Waals surface area contributed by atoms with E-state index in [0.29, 0.717) is 27.9 Å². The molecule has 4 aromatic rings. The topological polar surface area (TPSA) is 80.3 Å². The van der Waals surface area contributed by atoms with Gasteiger partial charge in [0, 0.05) is 23.7 Å². The molecule has 0 unspecified atom stereocenters. The van der Waals surface area contributed by atoms with Crippen molar-refractivity contribution in [3.05, 3.63) is 83.2 Å². The van der Waals surface area contributed by atoms with Crippen LogP contribution >= 0.6 is 0 Å². The number of hydrogen-bond donors (Lipinski definition) is 2. The molecule has 2 aromatic carbocycles. The summed E-state index contributed by atoms with van der Waals surface area (Å²) in [5.41, 5.74) is 2.32. The standard InChI is InChI=1S/C23H21F2N3O3/c1-13(2)22-21(23(30)27-11-14-3-6-17(24)18(25)9-14)16-5-4-15(29)10-19(16)28(22)12-20-26-7-8-31-20/h3-10,13,29H,11-12H2,1-2H3,(H,27,30). The van der Waals surface area contributed by atoms with E-state index in [1.807, 2.05) is 18.4 Å². The van der Waals surface area contributed by atoms with Gasteiger partial charge >= 0.3 is 0 Å². The molecule has 8 heteroatoms. The number of carbonyl (C=O) groups excluding carboxylic acids is 1. The monoisotopic (exact) mass is 425 g/mol. The highest BCUT2D eigenvalue weighted by atomic mass is 19.2. The lowest BCUT2D eigenvalue weighted by Gasteiger charge is -2.14. The van der Waals surface area contributed by atoms with Crippen LogP contribution in [0.15, 0.2) is 53.3 Å². The molecular formula is C23H21F2N3O3. The maximum Gasteiger partial charge on any atom is 0.254 e. The molecule has 0 fully saturated rings. The summed E-state index contributed by atoms with van der Waals surface area (Å²) < 4.78 is 34.0. The third-order valence-corrected chi connectivity index (χ3v) is 5.08. The molecule has 0 saturated heterocycles. The Morgan fingerprint density at radius 3 is 2.68 bits per heavy atom. The number of phenols is 1. The summed E-state index contributed by atoms with van der Waals surface area (Å²) in [6.45, 7) is 4.26. The molecule has 6 nitrogen and oxygen atoms in total. The Kier molecular flexibility index (Phi) is 5.46. The number of benzene rings is 2. The number of rotatable bonds is 6. The van der Waals surface area contributed by atoms with E-state index in [-0.39, 0.29) is 30.7 Å². The third kappa shape index (κ3) is 4.01. The van der Waals surface area contributed by atoms with Gasteiger partial charge in [0.1, 0.15) is 12.0 Å². The van der Waals surface area contributed by atoms with Crippen LogP contribution in [0.1, 0.15) is 47.3 Å². The van der Waals surface area contributed by atoms with Crippen LogP contribution in [-0.2, 0) is 13.1 Å². The lowest BCUT2D eigenvalue weighted by Crippen LogP contribution is -2.24. The van der Waals surface area contributed by atoms with E-state index < -0.39 is 11.6 Å². The minimum Gasteiger partial charge on any atom is -0.508 e. The highest BCUT2D eigenvalue weighted by Gasteiger charge is 2.25. The molecule has 0 atom stereocenters. The zero-order valence-corrected chi connectivity index (χ0v) is 17.0. The van der Waals surface area contributed by atoms with Crippen molar-refractivity contribution < 1.29 is 23.1 Å². The second-order valence-corrected chi connectivity index (χ2v) is 7.56. The van der Waals surface area contributed by atoms with E-state index in [0.717, 1.165) is 17.8 Å². The fraction of sp³-hybridized carbons (Fsp3) is 0.217. The van der Waals surface area contributed by atoms with E-state index in [1.54, 1.807) is 18.3 Å². The van der Waals surface area contributed by atoms with E-state index >= 15 is 0 Å². The minimum absolute atomic E-state index is 0.0338. The summed E-state index contributed by atoms with van der Waals surface area (Å²) in [5.74, 6) is -1.75. The number of aromatic nitrogens is 2. The number of aromatic hydroxyl groups is 1. The fourth-order valence-corrected chi connectivity index (χ4v) is 3.75. The molecule has 2 heterocycles. The summed E-state index contributed by atoms with van der Waals surface area (Å²) in [6.07, 6.45) is 3.02. The third-order valence-electron chi connectivity index (χ3n) is 5.08. The number of nitrogens with one attached hydrogen (secondary N) is 1. The number of nitrogens with zero attached hydrogens (tertiary/aromatic N) is 2. The van der Waals surface area contributed by atoms with Crippen LogP contribution in [0.2, 0.25) is 0 Å². The molecule has 31 heavy (non-hydrogen) atoms. The van der Waals surface area contributed by atoms with Crippen LogP contribution in [-0.4, -0.2) is 20.6 Å². The average Bonchev–Trinajstić information content (AvgIpc) is 3.35. The number of halogens is 2. The van der Waals surface area contributed by atoms with Gasteiger partial charge in [-0.1, -0.05) is 19.9 Å². The SMILES string of the molecule is CC(C)c1c(C(=O)NCc2ccc(F)c(F)c2)c2ccc(O)cc2n1Cc1ncco1. The molecule has 4 rings (SSSR count). The first kappa shape index (κ1) is 20.6. The van der Waals surface area contributed by atoms with Crippen molar-refractivity contribution in [1.29, 1.82) is 0 Å². The number of phenolic OH excluding ortho intramolecular Hbond substituents is 1. The van der Waals surface area contributed by atoms with Gasteiger partial charge < -0.3 is 19.4 Å². The Bertz CT molecular complexity index is 1250. The first-order valence-electron chi connectivity index (χ1n) is 9.80. The van der Waals surface area contributed by atoms with Gasteiger partial charge in [-0.15, -0.1) is 0 Å². The lowest BCUT2D eigenvalue weighted by molar-refractivity contribution is 0.0950. The lowest BCUT2D eigenvalue weighted by atomic mass is 10.0. The van der Waals surface area contributed by atoms with Crippen LogP contribution in [0.25, 0.3) is 10.9 Å². The Balaban J connectivity index is 1.75. The summed E-state index contributed by atoms with van der Waals surface area (Å²) in [4.78, 5) is 17.4. The van der Waals surface area contributed by atoms with Crippen molar-refractivity contribution in [2.45, 2.75) is 32.9 Å². The van der Waals surface area contributed by atoms with Crippen LogP contribution in [0.4, 0.5) is 8.78 Å². The Hall–Kier alpha value is -3.68. The van der Waals surface area contributed by atoms with Gasteiger partial charge in [0.15, 0.2) is 11.6 Å². The summed E-state index contributed by atoms with van der Waals surface area (Å²) >= 11 is 0. The molecule has 1 amide bonds. The van der Waals surface area contributed by atoms with Gasteiger partial charge in [0.05, 0.1) is 23.8 Å². The number of oxazole rings is 1. The summed E-state index contributed by atoms with van der Waals surface area (Å²) in [6, 6.07) is 8.32. The minimum atomic E-state index is -0.965. The first-order valence-corrected chi connectivity index (χ1v) is 9.80. The molecule has 0 aliphatic heterocycles. The largest absolute Gasteiger partial charge is 0.508 e. The molecule has 0 aliphatic carbocycles. The number of fused-ring (bicyclic) bond motifs is 1. The van der Waals surface area contributed by atoms with Gasteiger partial charge in [0.2, 0.25) is 5.89 Å². The molecule has 2 N–H and O–H groups in total. The molecular weight excluding hydrogens is 404 g/mol. The van der Waals surface area contributed by atoms with Crippen LogP contribution in [0.5, 0.6) is 5.75 Å². The van der Waals surface area contributed by atoms with Crippen molar-refractivity contribution in [2.24, 2.45) is 0 Å². The highest BCUT2D eigenvalue weighted by molar-refractivity contribution is 6.09. The van der Waals surface area contributed by atoms with Crippen LogP contribution < -0.4 is 5.32 Å². The van der Waals surface area contributed by atoms with Crippen molar-refractivity contribution in [2.75, 3.05) is 0 Å². The van der Waals surface area contributed by atoms with Crippen molar-refractivity contribution >= 4 is 16.8 Å². The average molecular weight is 425 g/mol. The first-order chi connectivity index (χ1) is 14.8. The highest BCUT2D eigenvalue weighted by Crippen LogP contribution is 2.34. The van der Waals surface area contributed by atoms with Crippen LogP contribution in [0.3, 0.4) is 0 Å². The summed E-state index contributed by atoms with van der Waals surface area (Å²) in [7, 11) is 0. The number of carbonyl (C=O) groups is 1. The Morgan fingerprint density at radius 1 is 1.19 bits per heavy atom.